The number of rotatable bonds is 4. The molecule has 0 aliphatic rings. The van der Waals surface area contributed by atoms with E-state index < -0.39 is 9.84 Å². The fourth-order valence-electron chi connectivity index (χ4n) is 1.32. The van der Waals surface area contributed by atoms with E-state index in [1.54, 1.807) is 18.2 Å². The van der Waals surface area contributed by atoms with Crippen LogP contribution < -0.4 is 5.73 Å². The number of hydrogen-bond donors (Lipinski definition) is 1. The summed E-state index contributed by atoms with van der Waals surface area (Å²) in [5.74, 6) is 0.0909. The molecule has 4 nitrogen and oxygen atoms in total. The Morgan fingerprint density at radius 1 is 1.31 bits per heavy atom. The van der Waals surface area contributed by atoms with E-state index in [2.05, 4.69) is 0 Å². The molecule has 1 aromatic rings. The number of benzene rings is 1. The van der Waals surface area contributed by atoms with Gasteiger partial charge in [-0.2, -0.15) is 0 Å². The first-order valence-corrected chi connectivity index (χ1v) is 6.72. The number of nitrogens with zero attached hydrogens (tertiary/aromatic N) is 1. The van der Waals surface area contributed by atoms with Gasteiger partial charge in [-0.1, -0.05) is 6.07 Å². The van der Waals surface area contributed by atoms with Gasteiger partial charge in [0, 0.05) is 6.54 Å². The zero-order valence-corrected chi connectivity index (χ0v) is 10.7. The van der Waals surface area contributed by atoms with Crippen LogP contribution >= 0.6 is 0 Å². The van der Waals surface area contributed by atoms with Gasteiger partial charge in [0.05, 0.1) is 16.3 Å². The zero-order chi connectivity index (χ0) is 12.3. The maximum absolute atomic E-state index is 12.0. The highest BCUT2D eigenvalue weighted by molar-refractivity contribution is 7.91. The van der Waals surface area contributed by atoms with Crippen molar-refractivity contribution in [1.29, 1.82) is 0 Å². The Hall–Kier alpha value is -1.07. The van der Waals surface area contributed by atoms with Crippen molar-refractivity contribution < 1.29 is 8.42 Å². The van der Waals surface area contributed by atoms with Gasteiger partial charge in [0.15, 0.2) is 9.84 Å². The molecule has 0 heterocycles. The van der Waals surface area contributed by atoms with E-state index in [1.165, 1.54) is 0 Å². The van der Waals surface area contributed by atoms with E-state index >= 15 is 0 Å². The Bertz CT molecular complexity index is 467. The van der Waals surface area contributed by atoms with Crippen molar-refractivity contribution in [3.05, 3.63) is 23.8 Å². The lowest BCUT2D eigenvalue weighted by Gasteiger charge is -2.11. The minimum Gasteiger partial charge on any atom is -0.398 e. The van der Waals surface area contributed by atoms with Crippen LogP contribution in [0, 0.1) is 6.92 Å². The molecule has 0 atom stereocenters. The van der Waals surface area contributed by atoms with Gasteiger partial charge in [0.1, 0.15) is 0 Å². The molecule has 0 spiro atoms. The fourth-order valence-corrected chi connectivity index (χ4v) is 2.94. The van der Waals surface area contributed by atoms with Gasteiger partial charge < -0.3 is 10.6 Å². The maximum Gasteiger partial charge on any atom is 0.181 e. The molecular weight excluding hydrogens is 224 g/mol. The van der Waals surface area contributed by atoms with Crippen molar-refractivity contribution in [2.45, 2.75) is 11.8 Å². The summed E-state index contributed by atoms with van der Waals surface area (Å²) in [7, 11) is 0.410. The number of nitrogen functional groups attached to an aromatic ring is 1. The summed E-state index contributed by atoms with van der Waals surface area (Å²) in [5.41, 5.74) is 6.91. The average Bonchev–Trinajstić information content (AvgIpc) is 2.19. The fraction of sp³-hybridized carbons (Fsp3) is 0.455. The number of sulfone groups is 1. The lowest BCUT2D eigenvalue weighted by atomic mass is 10.2. The average molecular weight is 242 g/mol. The molecule has 1 rings (SSSR count). The number of anilines is 1. The predicted molar refractivity (Wildman–Crippen MR) is 66.2 cm³/mol. The molecule has 0 saturated heterocycles. The van der Waals surface area contributed by atoms with Crippen molar-refractivity contribution in [3.8, 4) is 0 Å². The van der Waals surface area contributed by atoms with Crippen LogP contribution in [0.1, 0.15) is 5.56 Å². The second kappa shape index (κ2) is 4.84. The second-order valence-electron chi connectivity index (χ2n) is 4.16. The van der Waals surface area contributed by atoms with E-state index in [0.29, 0.717) is 12.2 Å². The molecule has 0 aromatic heterocycles. The molecule has 0 unspecified atom stereocenters. The lowest BCUT2D eigenvalue weighted by molar-refractivity contribution is 0.432. The molecule has 0 amide bonds. The van der Waals surface area contributed by atoms with Crippen LogP contribution in [0.5, 0.6) is 0 Å². The molecule has 0 saturated carbocycles. The maximum atomic E-state index is 12.0. The van der Waals surface area contributed by atoms with Crippen LogP contribution in [-0.4, -0.2) is 39.7 Å². The van der Waals surface area contributed by atoms with Crippen molar-refractivity contribution >= 4 is 15.5 Å². The third-order valence-electron chi connectivity index (χ3n) is 2.31. The predicted octanol–water partition coefficient (Wildman–Crippen LogP) is 0.913. The molecule has 0 bridgehead atoms. The normalized spacial score (nSPS) is 12.0. The zero-order valence-electron chi connectivity index (χ0n) is 9.90. The number of nitrogens with two attached hydrogens (primary N) is 1. The first-order valence-electron chi connectivity index (χ1n) is 5.06. The first-order chi connectivity index (χ1) is 7.33. The van der Waals surface area contributed by atoms with E-state index in [-0.39, 0.29) is 10.6 Å². The summed E-state index contributed by atoms with van der Waals surface area (Å²) < 4.78 is 24.0. The third-order valence-corrected chi connectivity index (χ3v) is 4.06. The van der Waals surface area contributed by atoms with Gasteiger partial charge in [-0.05, 0) is 38.7 Å². The van der Waals surface area contributed by atoms with E-state index in [4.69, 9.17) is 5.73 Å². The molecule has 0 radical (unpaired) electrons. The smallest absolute Gasteiger partial charge is 0.181 e. The van der Waals surface area contributed by atoms with Crippen molar-refractivity contribution in [1.82, 2.24) is 4.90 Å². The second-order valence-corrected chi connectivity index (χ2v) is 6.24. The highest BCUT2D eigenvalue weighted by atomic mass is 32.2. The van der Waals surface area contributed by atoms with Crippen molar-refractivity contribution in [2.75, 3.05) is 32.1 Å². The van der Waals surface area contributed by atoms with Gasteiger partial charge in [-0.15, -0.1) is 0 Å². The van der Waals surface area contributed by atoms with E-state index in [9.17, 15) is 8.42 Å². The van der Waals surface area contributed by atoms with Crippen molar-refractivity contribution in [3.63, 3.8) is 0 Å². The summed E-state index contributed by atoms with van der Waals surface area (Å²) in [6, 6.07) is 5.07. The molecule has 90 valence electrons. The molecule has 2 N–H and O–H groups in total. The van der Waals surface area contributed by atoms with Crippen LogP contribution in [-0.2, 0) is 9.84 Å². The number of aryl methyl sites for hydroxylation is 1. The van der Waals surface area contributed by atoms with E-state index in [1.807, 2.05) is 25.9 Å². The summed E-state index contributed by atoms with van der Waals surface area (Å²) in [6.07, 6.45) is 0. The highest BCUT2D eigenvalue weighted by Crippen LogP contribution is 2.20. The highest BCUT2D eigenvalue weighted by Gasteiger charge is 2.17. The van der Waals surface area contributed by atoms with Crippen LogP contribution in [0.4, 0.5) is 5.69 Å². The minimum atomic E-state index is -3.28. The Kier molecular flexibility index (Phi) is 3.93. The summed E-state index contributed by atoms with van der Waals surface area (Å²) in [4.78, 5) is 2.08. The van der Waals surface area contributed by atoms with Gasteiger partial charge >= 0.3 is 0 Å². The SMILES string of the molecule is Cc1ccc(N)c(S(=O)(=O)CCN(C)C)c1. The molecule has 0 aliphatic heterocycles. The first kappa shape index (κ1) is 13.0. The van der Waals surface area contributed by atoms with Gasteiger partial charge in [0.25, 0.3) is 0 Å². The molecule has 16 heavy (non-hydrogen) atoms. The summed E-state index contributed by atoms with van der Waals surface area (Å²) >= 11 is 0. The Balaban J connectivity index is 3.02. The molecule has 5 heteroatoms. The topological polar surface area (TPSA) is 63.4 Å². The molecule has 1 aromatic carbocycles. The molecule has 0 fully saturated rings. The quantitative estimate of drug-likeness (QED) is 0.797. The lowest BCUT2D eigenvalue weighted by Crippen LogP contribution is -2.22. The third kappa shape index (κ3) is 3.21. The molecule has 0 aliphatic carbocycles. The molecular formula is C11H18N2O2S. The summed E-state index contributed by atoms with van der Waals surface area (Å²) in [6.45, 7) is 2.35. The van der Waals surface area contributed by atoms with Crippen molar-refractivity contribution in [2.24, 2.45) is 0 Å². The monoisotopic (exact) mass is 242 g/mol. The Labute approximate surface area is 97.0 Å². The van der Waals surface area contributed by atoms with Crippen LogP contribution in [0.3, 0.4) is 0 Å². The van der Waals surface area contributed by atoms with Gasteiger partial charge in [-0.3, -0.25) is 0 Å². The largest absolute Gasteiger partial charge is 0.398 e. The van der Waals surface area contributed by atoms with Crippen LogP contribution in [0.15, 0.2) is 23.1 Å². The Morgan fingerprint density at radius 3 is 2.50 bits per heavy atom. The Morgan fingerprint density at radius 2 is 1.94 bits per heavy atom. The standard InChI is InChI=1S/C11H18N2O2S/c1-9-4-5-10(12)11(8-9)16(14,15)7-6-13(2)3/h4-5,8H,6-7,12H2,1-3H3. The minimum absolute atomic E-state index is 0.0909. The van der Waals surface area contributed by atoms with E-state index in [0.717, 1.165) is 5.56 Å². The van der Waals surface area contributed by atoms with Gasteiger partial charge in [-0.25, -0.2) is 8.42 Å². The van der Waals surface area contributed by atoms with Crippen LogP contribution in [0.25, 0.3) is 0 Å². The van der Waals surface area contributed by atoms with Crippen LogP contribution in [0.2, 0.25) is 0 Å². The number of hydrogen-bond acceptors (Lipinski definition) is 4. The summed E-state index contributed by atoms with van der Waals surface area (Å²) in [5, 5.41) is 0. The van der Waals surface area contributed by atoms with Gasteiger partial charge in [0.2, 0.25) is 0 Å².